The number of hydrogen-bond donors (Lipinski definition) is 2. The minimum atomic E-state index is -4.40. The molecule has 0 heterocycles. The smallest absolute Gasteiger partial charge is 0.277 e. The highest BCUT2D eigenvalue weighted by Gasteiger charge is 2.31. The van der Waals surface area contributed by atoms with Gasteiger partial charge in [-0.25, -0.2) is 9.71 Å². The first-order chi connectivity index (χ1) is 9.90. The molecule has 0 bridgehead atoms. The minimum Gasteiger partial charge on any atom is -0.277 e. The molecule has 0 atom stereocenters. The zero-order chi connectivity index (χ0) is 15.5. The Balaban J connectivity index is 2.28. The Bertz CT molecular complexity index is 645. The highest BCUT2D eigenvalue weighted by molar-refractivity contribution is 6.04. The lowest BCUT2D eigenvalue weighted by atomic mass is 10.1. The van der Waals surface area contributed by atoms with Crippen LogP contribution in [0.15, 0.2) is 48.5 Å². The van der Waals surface area contributed by atoms with Gasteiger partial charge in [0, 0.05) is 0 Å². The van der Waals surface area contributed by atoms with Gasteiger partial charge >= 0.3 is 6.18 Å². The number of nitrogens with one attached hydrogen (secondary N) is 2. The topological polar surface area (TPSA) is 26.0 Å². The van der Waals surface area contributed by atoms with Crippen molar-refractivity contribution < 1.29 is 22.6 Å². The summed E-state index contributed by atoms with van der Waals surface area (Å²) in [5.41, 5.74) is 0.198. The molecule has 6 heteroatoms. The maximum absolute atomic E-state index is 12.8. The van der Waals surface area contributed by atoms with E-state index in [-0.39, 0.29) is 5.82 Å². The zero-order valence-electron chi connectivity index (χ0n) is 11.1. The summed E-state index contributed by atoms with van der Waals surface area (Å²) >= 11 is 0. The van der Waals surface area contributed by atoms with Crippen molar-refractivity contribution in [2.75, 3.05) is 12.4 Å². The summed E-state index contributed by atoms with van der Waals surface area (Å²) in [7, 11) is 1.59. The molecule has 2 rings (SSSR count). The fraction of sp³-hybridized carbons (Fsp3) is 0.133. The Morgan fingerprint density at radius 1 is 1.05 bits per heavy atom. The van der Waals surface area contributed by atoms with Crippen LogP contribution in [0.3, 0.4) is 0 Å². The van der Waals surface area contributed by atoms with Gasteiger partial charge in [0.25, 0.3) is 5.84 Å². The van der Waals surface area contributed by atoms with Gasteiger partial charge in [-0.05, 0) is 42.5 Å². The van der Waals surface area contributed by atoms with E-state index in [0.29, 0.717) is 17.1 Å². The second-order valence-corrected chi connectivity index (χ2v) is 4.34. The van der Waals surface area contributed by atoms with E-state index in [9.17, 15) is 17.6 Å². The molecule has 0 aliphatic carbocycles. The first-order valence-electron chi connectivity index (χ1n) is 6.15. The molecule has 0 fully saturated rings. The van der Waals surface area contributed by atoms with Crippen LogP contribution in [0.25, 0.3) is 0 Å². The second kappa shape index (κ2) is 5.95. The molecule has 0 unspecified atom stereocenters. The zero-order valence-corrected chi connectivity index (χ0v) is 11.1. The van der Waals surface area contributed by atoms with Crippen molar-refractivity contribution in [3.63, 3.8) is 0 Å². The van der Waals surface area contributed by atoms with Crippen molar-refractivity contribution in [1.29, 1.82) is 0 Å². The molecule has 2 N–H and O–H groups in total. The van der Waals surface area contributed by atoms with Gasteiger partial charge < -0.3 is 0 Å². The van der Waals surface area contributed by atoms with E-state index in [1.54, 1.807) is 13.1 Å². The normalized spacial score (nSPS) is 12.3. The Labute approximate surface area is 119 Å². The average molecular weight is 297 g/mol. The Hall–Kier alpha value is -2.37. The molecular formula is C15H13F4N2+. The van der Waals surface area contributed by atoms with E-state index in [1.165, 1.54) is 30.3 Å². The number of rotatable bonds is 2. The number of hydrogen-bond acceptors (Lipinski definition) is 0. The third-order valence-electron chi connectivity index (χ3n) is 2.84. The highest BCUT2D eigenvalue weighted by Crippen LogP contribution is 2.29. The third kappa shape index (κ3) is 3.81. The van der Waals surface area contributed by atoms with E-state index in [2.05, 4.69) is 10.3 Å². The quantitative estimate of drug-likeness (QED) is 0.497. The molecule has 0 aromatic heterocycles. The summed E-state index contributed by atoms with van der Waals surface area (Å²) < 4.78 is 51.0. The monoisotopic (exact) mass is 297 g/mol. The molecular weight excluding hydrogens is 284 g/mol. The molecule has 0 aliphatic heterocycles. The maximum Gasteiger partial charge on any atom is 0.416 e. The summed E-state index contributed by atoms with van der Waals surface area (Å²) in [4.78, 5) is 2.80. The lowest BCUT2D eigenvalue weighted by Gasteiger charge is -2.08. The van der Waals surface area contributed by atoms with Crippen LogP contribution < -0.4 is 10.3 Å². The van der Waals surface area contributed by atoms with Crippen LogP contribution in [0.1, 0.15) is 11.1 Å². The summed E-state index contributed by atoms with van der Waals surface area (Å²) in [6, 6.07) is 10.5. The van der Waals surface area contributed by atoms with E-state index >= 15 is 0 Å². The van der Waals surface area contributed by atoms with Crippen LogP contribution in [0.4, 0.5) is 23.2 Å². The lowest BCUT2D eigenvalue weighted by Crippen LogP contribution is -2.70. The van der Waals surface area contributed by atoms with E-state index < -0.39 is 11.7 Å². The largest absolute Gasteiger partial charge is 0.416 e. The first-order valence-corrected chi connectivity index (χ1v) is 6.15. The molecule has 21 heavy (non-hydrogen) atoms. The standard InChI is InChI=1S/C15H12F4N2/c1-20-14(21-13-7-5-12(16)6-8-13)10-3-2-4-11(9-10)15(17,18)19/h2-9H,1H3,(H,20,21)/p+1. The van der Waals surface area contributed by atoms with Gasteiger partial charge in [0.05, 0.1) is 18.2 Å². The number of anilines is 1. The highest BCUT2D eigenvalue weighted by atomic mass is 19.4. The van der Waals surface area contributed by atoms with Crippen molar-refractivity contribution in [2.24, 2.45) is 0 Å². The SMILES string of the molecule is C[NH+]=C(Nc1ccc(F)cc1)c1cccc(C(F)(F)F)c1. The predicted molar refractivity (Wildman–Crippen MR) is 72.5 cm³/mol. The van der Waals surface area contributed by atoms with Crippen LogP contribution in [0.2, 0.25) is 0 Å². The summed E-state index contributed by atoms with van der Waals surface area (Å²) in [5.74, 6) is 0.0123. The summed E-state index contributed by atoms with van der Waals surface area (Å²) in [6.07, 6.45) is -4.40. The average Bonchev–Trinajstić information content (AvgIpc) is 2.46. The van der Waals surface area contributed by atoms with Gasteiger partial charge in [-0.3, -0.25) is 4.99 Å². The van der Waals surface area contributed by atoms with Crippen LogP contribution >= 0.6 is 0 Å². The van der Waals surface area contributed by atoms with Crippen molar-refractivity contribution in [3.05, 3.63) is 65.5 Å². The second-order valence-electron chi connectivity index (χ2n) is 4.34. The molecule has 0 radical (unpaired) electrons. The molecule has 0 saturated heterocycles. The molecule has 0 saturated carbocycles. The van der Waals surface area contributed by atoms with Gasteiger partial charge in [0.1, 0.15) is 11.5 Å². The fourth-order valence-electron chi connectivity index (χ4n) is 1.81. The number of alkyl halides is 3. The van der Waals surface area contributed by atoms with E-state index in [0.717, 1.165) is 12.1 Å². The van der Waals surface area contributed by atoms with Crippen molar-refractivity contribution in [2.45, 2.75) is 6.18 Å². The maximum atomic E-state index is 12.8. The van der Waals surface area contributed by atoms with Crippen molar-refractivity contribution >= 4 is 11.5 Å². The minimum absolute atomic E-state index is 0.358. The fourth-order valence-corrected chi connectivity index (χ4v) is 1.81. The molecule has 0 amide bonds. The van der Waals surface area contributed by atoms with Crippen LogP contribution in [0, 0.1) is 5.82 Å². The Kier molecular flexibility index (Phi) is 4.26. The van der Waals surface area contributed by atoms with Crippen molar-refractivity contribution in [1.82, 2.24) is 0 Å². The van der Waals surface area contributed by atoms with Gasteiger partial charge in [0.15, 0.2) is 0 Å². The summed E-state index contributed by atoms with van der Waals surface area (Å²) in [5, 5.41) is 2.92. The predicted octanol–water partition coefficient (Wildman–Crippen LogP) is 2.41. The Morgan fingerprint density at radius 3 is 2.29 bits per heavy atom. The molecule has 2 nitrogen and oxygen atoms in total. The third-order valence-corrected chi connectivity index (χ3v) is 2.84. The van der Waals surface area contributed by atoms with Gasteiger partial charge in [-0.15, -0.1) is 0 Å². The van der Waals surface area contributed by atoms with Crippen LogP contribution in [-0.2, 0) is 6.18 Å². The van der Waals surface area contributed by atoms with Crippen molar-refractivity contribution in [3.8, 4) is 0 Å². The van der Waals surface area contributed by atoms with Gasteiger partial charge in [0.2, 0.25) is 0 Å². The lowest BCUT2D eigenvalue weighted by molar-refractivity contribution is -0.419. The first kappa shape index (κ1) is 15.0. The molecule has 110 valence electrons. The molecule has 2 aromatic carbocycles. The number of benzene rings is 2. The van der Waals surface area contributed by atoms with E-state index in [1.807, 2.05) is 0 Å². The van der Waals surface area contributed by atoms with E-state index in [4.69, 9.17) is 0 Å². The summed E-state index contributed by atoms with van der Waals surface area (Å²) in [6.45, 7) is 0. The Morgan fingerprint density at radius 2 is 1.71 bits per heavy atom. The number of amidine groups is 1. The molecule has 0 aliphatic rings. The van der Waals surface area contributed by atoms with Crippen LogP contribution in [-0.4, -0.2) is 12.9 Å². The molecule has 2 aromatic rings. The number of halogens is 4. The molecule has 0 spiro atoms. The van der Waals surface area contributed by atoms with Gasteiger partial charge in [-0.1, -0.05) is 6.07 Å². The van der Waals surface area contributed by atoms with Crippen LogP contribution in [0.5, 0.6) is 0 Å². The van der Waals surface area contributed by atoms with Gasteiger partial charge in [-0.2, -0.15) is 13.2 Å².